The quantitative estimate of drug-likeness (QED) is 0.826. The largest absolute Gasteiger partial charge is 0.456 e. The van der Waals surface area contributed by atoms with E-state index in [2.05, 4.69) is 0 Å². The minimum atomic E-state index is -5.78. The lowest BCUT2D eigenvalue weighted by Gasteiger charge is -2.25. The molecule has 0 bridgehead atoms. The summed E-state index contributed by atoms with van der Waals surface area (Å²) in [6.07, 6.45) is -7.51. The third kappa shape index (κ3) is 3.05. The van der Waals surface area contributed by atoms with E-state index in [0.29, 0.717) is 18.4 Å². The summed E-state index contributed by atoms with van der Waals surface area (Å²) in [5.41, 5.74) is 1.11. The van der Waals surface area contributed by atoms with Gasteiger partial charge in [0.2, 0.25) is 0 Å². The molecule has 0 heterocycles. The van der Waals surface area contributed by atoms with E-state index in [1.54, 1.807) is 6.92 Å². The molecular weight excluding hydrogens is 267 g/mol. The molecule has 6 heteroatoms. The maximum absolute atomic E-state index is 13.1. The topological polar surface area (TPSA) is 20.2 Å². The Kier molecular flexibility index (Phi) is 4.55. The van der Waals surface area contributed by atoms with Gasteiger partial charge in [0.25, 0.3) is 0 Å². The molecule has 0 aliphatic carbocycles. The summed E-state index contributed by atoms with van der Waals surface area (Å²) in [7, 11) is 0. The molecule has 1 N–H and O–H groups in total. The Balaban J connectivity index is 3.17. The lowest BCUT2D eigenvalue weighted by atomic mass is 9.95. The molecule has 1 aromatic rings. The summed E-state index contributed by atoms with van der Waals surface area (Å²) < 4.78 is 62.7. The second-order valence-corrected chi connectivity index (χ2v) is 4.26. The number of halogens is 5. The highest BCUT2D eigenvalue weighted by atomic mass is 19.4. The van der Waals surface area contributed by atoms with E-state index >= 15 is 0 Å². The van der Waals surface area contributed by atoms with E-state index in [9.17, 15) is 27.1 Å². The highest BCUT2D eigenvalue weighted by Gasteiger charge is 2.62. The van der Waals surface area contributed by atoms with Crippen LogP contribution in [0.25, 0.3) is 0 Å². The molecule has 0 saturated heterocycles. The lowest BCUT2D eigenvalue weighted by molar-refractivity contribution is -0.315. The third-order valence-electron chi connectivity index (χ3n) is 3.03. The molecule has 1 unspecified atom stereocenters. The van der Waals surface area contributed by atoms with Gasteiger partial charge in [0.15, 0.2) is 6.10 Å². The van der Waals surface area contributed by atoms with E-state index in [-0.39, 0.29) is 0 Å². The molecule has 0 saturated carbocycles. The number of aliphatic hydroxyl groups excluding tert-OH is 1. The van der Waals surface area contributed by atoms with Crippen LogP contribution < -0.4 is 0 Å². The zero-order valence-electron chi connectivity index (χ0n) is 10.6. The minimum absolute atomic E-state index is 0.420. The van der Waals surface area contributed by atoms with Crippen LogP contribution in [-0.2, 0) is 12.8 Å². The molecule has 0 fully saturated rings. The van der Waals surface area contributed by atoms with Gasteiger partial charge in [-0.2, -0.15) is 22.0 Å². The first kappa shape index (κ1) is 15.9. The van der Waals surface area contributed by atoms with Crippen LogP contribution in [0.5, 0.6) is 0 Å². The number of rotatable bonds is 4. The van der Waals surface area contributed by atoms with Crippen molar-refractivity contribution in [3.63, 3.8) is 0 Å². The molecule has 0 radical (unpaired) electrons. The van der Waals surface area contributed by atoms with E-state index in [1.807, 2.05) is 6.92 Å². The van der Waals surface area contributed by atoms with Crippen LogP contribution in [0.4, 0.5) is 22.0 Å². The minimum Gasteiger partial charge on any atom is -0.382 e. The number of aryl methyl sites for hydroxylation is 2. The average molecular weight is 282 g/mol. The molecule has 0 amide bonds. The first-order valence-electron chi connectivity index (χ1n) is 5.89. The van der Waals surface area contributed by atoms with Crippen molar-refractivity contribution in [1.29, 1.82) is 0 Å². The molecular formula is C13H15F5O. The number of hydrogen-bond acceptors (Lipinski definition) is 1. The van der Waals surface area contributed by atoms with Gasteiger partial charge in [-0.1, -0.05) is 32.0 Å². The fraction of sp³-hybridized carbons (Fsp3) is 0.538. The number of hydrogen-bond donors (Lipinski definition) is 1. The Morgan fingerprint density at radius 3 is 1.95 bits per heavy atom. The molecule has 0 aromatic heterocycles. The summed E-state index contributed by atoms with van der Waals surface area (Å²) >= 11 is 0. The van der Waals surface area contributed by atoms with Crippen LogP contribution in [0.1, 0.15) is 36.6 Å². The summed E-state index contributed by atoms with van der Waals surface area (Å²) in [4.78, 5) is 0. The van der Waals surface area contributed by atoms with E-state index in [1.165, 1.54) is 12.1 Å². The van der Waals surface area contributed by atoms with Crippen molar-refractivity contribution in [2.45, 2.75) is 44.9 Å². The highest BCUT2D eigenvalue weighted by molar-refractivity contribution is 5.34. The highest BCUT2D eigenvalue weighted by Crippen LogP contribution is 2.44. The predicted molar refractivity (Wildman–Crippen MR) is 61.2 cm³/mol. The molecule has 1 aromatic carbocycles. The van der Waals surface area contributed by atoms with Gasteiger partial charge >= 0.3 is 12.1 Å². The third-order valence-corrected chi connectivity index (χ3v) is 3.03. The van der Waals surface area contributed by atoms with Gasteiger partial charge in [0.05, 0.1) is 0 Å². The Morgan fingerprint density at radius 2 is 1.53 bits per heavy atom. The van der Waals surface area contributed by atoms with Crippen LogP contribution >= 0.6 is 0 Å². The predicted octanol–water partition coefficient (Wildman–Crippen LogP) is 4.04. The molecule has 0 spiro atoms. The van der Waals surface area contributed by atoms with Crippen LogP contribution in [0.15, 0.2) is 18.2 Å². The van der Waals surface area contributed by atoms with Crippen molar-refractivity contribution >= 4 is 0 Å². The summed E-state index contributed by atoms with van der Waals surface area (Å²) in [6, 6.07) is 3.80. The number of aliphatic hydroxyl groups is 1. The second kappa shape index (κ2) is 5.45. The van der Waals surface area contributed by atoms with Crippen molar-refractivity contribution < 1.29 is 27.1 Å². The van der Waals surface area contributed by atoms with Gasteiger partial charge in [0, 0.05) is 0 Å². The normalized spacial score (nSPS) is 14.5. The molecule has 19 heavy (non-hydrogen) atoms. The Hall–Kier alpha value is -1.17. The number of benzene rings is 1. The molecule has 108 valence electrons. The van der Waals surface area contributed by atoms with Gasteiger partial charge < -0.3 is 5.11 Å². The summed E-state index contributed by atoms with van der Waals surface area (Å²) in [5, 5.41) is 9.30. The van der Waals surface area contributed by atoms with E-state index < -0.39 is 23.8 Å². The van der Waals surface area contributed by atoms with Gasteiger partial charge in [-0.15, -0.1) is 0 Å². The van der Waals surface area contributed by atoms with Crippen LogP contribution in [0, 0.1) is 0 Å². The molecule has 1 atom stereocenters. The Morgan fingerprint density at radius 1 is 1.00 bits per heavy atom. The van der Waals surface area contributed by atoms with Crippen molar-refractivity contribution in [3.05, 3.63) is 34.9 Å². The monoisotopic (exact) mass is 282 g/mol. The van der Waals surface area contributed by atoms with Crippen molar-refractivity contribution in [2.24, 2.45) is 0 Å². The standard InChI is InChI=1S/C13H15F5O/c1-3-8-5-6-10(7-9(8)4-2)11(19)12(14,15)13(16,17)18/h5-7,11,19H,3-4H2,1-2H3. The smallest absolute Gasteiger partial charge is 0.382 e. The van der Waals surface area contributed by atoms with Crippen LogP contribution in [-0.4, -0.2) is 17.2 Å². The summed E-state index contributed by atoms with van der Waals surface area (Å²) in [5.74, 6) is -5.16. The van der Waals surface area contributed by atoms with E-state index in [0.717, 1.165) is 11.6 Å². The second-order valence-electron chi connectivity index (χ2n) is 4.26. The maximum atomic E-state index is 13.1. The molecule has 1 nitrogen and oxygen atoms in total. The van der Waals surface area contributed by atoms with Crippen molar-refractivity contribution in [1.82, 2.24) is 0 Å². The number of alkyl halides is 5. The average Bonchev–Trinajstić information content (AvgIpc) is 2.35. The van der Waals surface area contributed by atoms with Gasteiger partial charge in [0.1, 0.15) is 0 Å². The zero-order valence-corrected chi connectivity index (χ0v) is 10.6. The zero-order chi connectivity index (χ0) is 14.8. The fourth-order valence-corrected chi connectivity index (χ4v) is 1.85. The SMILES string of the molecule is CCc1ccc(C(O)C(F)(F)C(F)(F)F)cc1CC. The van der Waals surface area contributed by atoms with Crippen molar-refractivity contribution in [3.8, 4) is 0 Å². The van der Waals surface area contributed by atoms with Gasteiger partial charge in [-0.25, -0.2) is 0 Å². The molecule has 0 aliphatic heterocycles. The van der Waals surface area contributed by atoms with Gasteiger partial charge in [-0.3, -0.25) is 0 Å². The maximum Gasteiger partial charge on any atom is 0.456 e. The Labute approximate surface area is 108 Å². The lowest BCUT2D eigenvalue weighted by Crippen LogP contribution is -2.42. The first-order chi connectivity index (χ1) is 8.65. The van der Waals surface area contributed by atoms with Gasteiger partial charge in [-0.05, 0) is 29.5 Å². The van der Waals surface area contributed by atoms with Crippen molar-refractivity contribution in [2.75, 3.05) is 0 Å². The van der Waals surface area contributed by atoms with E-state index in [4.69, 9.17) is 0 Å². The first-order valence-corrected chi connectivity index (χ1v) is 5.89. The molecule has 1 rings (SSSR count). The van der Waals surface area contributed by atoms with Crippen LogP contribution in [0.2, 0.25) is 0 Å². The molecule has 0 aliphatic rings. The van der Waals surface area contributed by atoms with Crippen LogP contribution in [0.3, 0.4) is 0 Å². The fourth-order valence-electron chi connectivity index (χ4n) is 1.85. The summed E-state index contributed by atoms with van der Waals surface area (Å²) in [6.45, 7) is 3.63. The Bertz CT molecular complexity index is 439.